The van der Waals surface area contributed by atoms with E-state index in [9.17, 15) is 9.59 Å². The maximum atomic E-state index is 11.3. The van der Waals surface area contributed by atoms with Crippen molar-refractivity contribution in [3.05, 3.63) is 0 Å². The van der Waals surface area contributed by atoms with Crippen LogP contribution in [-0.2, 0) is 14.3 Å². The molecular formula is C22H39LiN2O5Si2. The first kappa shape index (κ1) is 33.1. The molecule has 0 radical (unpaired) electrons. The van der Waals surface area contributed by atoms with E-state index in [1.807, 2.05) is 0 Å². The summed E-state index contributed by atoms with van der Waals surface area (Å²) in [5, 5.41) is 26.6. The molecular weight excluding hydrogens is 435 g/mol. The van der Waals surface area contributed by atoms with Gasteiger partial charge in [-0.3, -0.25) is 9.59 Å². The van der Waals surface area contributed by atoms with Gasteiger partial charge >= 0.3 is 30.8 Å². The summed E-state index contributed by atoms with van der Waals surface area (Å²) in [5.41, 5.74) is 0. The van der Waals surface area contributed by atoms with Crippen LogP contribution in [0.15, 0.2) is 0 Å². The Balaban J connectivity index is 0. The van der Waals surface area contributed by atoms with Crippen molar-refractivity contribution in [2.75, 3.05) is 6.61 Å². The number of carbonyl (C=O) groups is 2. The number of esters is 1. The molecule has 0 aromatic heterocycles. The van der Waals surface area contributed by atoms with E-state index in [0.717, 1.165) is 12.1 Å². The second-order valence-corrected chi connectivity index (χ2v) is 19.8. The van der Waals surface area contributed by atoms with Gasteiger partial charge in [0.25, 0.3) is 0 Å². The minimum absolute atomic E-state index is 0. The molecule has 2 aliphatic heterocycles. The number of aliphatic carboxylic acids is 1. The molecule has 2 aliphatic rings. The van der Waals surface area contributed by atoms with Gasteiger partial charge in [0, 0.05) is 0 Å². The van der Waals surface area contributed by atoms with Crippen molar-refractivity contribution in [1.82, 2.24) is 0 Å². The summed E-state index contributed by atoms with van der Waals surface area (Å²) in [4.78, 5) is 21.8. The van der Waals surface area contributed by atoms with Crippen LogP contribution in [0.25, 0.3) is 0 Å². The molecule has 10 heteroatoms. The van der Waals surface area contributed by atoms with Crippen LogP contribution in [0.5, 0.6) is 0 Å². The van der Waals surface area contributed by atoms with Gasteiger partial charge in [0.2, 0.25) is 0 Å². The summed E-state index contributed by atoms with van der Waals surface area (Å²) < 4.78 is 4.90. The molecule has 32 heavy (non-hydrogen) atoms. The first-order valence-corrected chi connectivity index (χ1v) is 17.6. The Kier molecular flexibility index (Phi) is 17.1. The van der Waals surface area contributed by atoms with E-state index in [4.69, 9.17) is 20.4 Å². The number of carbonyl (C=O) groups excluding carboxylic acids is 1. The maximum Gasteiger partial charge on any atom is 1.00 e. The van der Waals surface area contributed by atoms with Crippen LogP contribution >= 0.6 is 0 Å². The first-order valence-electron chi connectivity index (χ1n) is 11.3. The van der Waals surface area contributed by atoms with Gasteiger partial charge in [0.1, 0.15) is 0 Å². The van der Waals surface area contributed by atoms with Crippen molar-refractivity contribution in [2.24, 2.45) is 11.8 Å². The molecule has 2 unspecified atom stereocenters. The van der Waals surface area contributed by atoms with Gasteiger partial charge in [-0.25, -0.2) is 0 Å². The standard InChI is InChI=1S/C12H21NO2Si.C10H17NO2Si.Li.H2O/c1-3-15-12(14)8-11(9-13)10-16(2)6-4-5-7-16;1-14(4-2-3-5-14)8-9(7-11)6-10(12)13;;/h11H,3-8,10H2,1-2H3;9H,2-6,8H2,1H3,(H,12,13);;1H2/q;;+1;/p-1. The zero-order valence-electron chi connectivity index (χ0n) is 20.4. The number of nitriles is 2. The summed E-state index contributed by atoms with van der Waals surface area (Å²) in [6.07, 6.45) is 5.52. The van der Waals surface area contributed by atoms with E-state index in [-0.39, 0.29) is 55.0 Å². The predicted octanol–water partition coefficient (Wildman–Crippen LogP) is 2.25. The van der Waals surface area contributed by atoms with Gasteiger partial charge in [0.15, 0.2) is 0 Å². The van der Waals surface area contributed by atoms with E-state index in [2.05, 4.69) is 25.2 Å². The minimum Gasteiger partial charge on any atom is -0.870 e. The van der Waals surface area contributed by atoms with Gasteiger partial charge in [0.05, 0.1) is 59.6 Å². The molecule has 2 saturated heterocycles. The van der Waals surface area contributed by atoms with Crippen molar-refractivity contribution in [1.29, 1.82) is 10.5 Å². The molecule has 2 fully saturated rings. The molecule has 2 N–H and O–H groups in total. The molecule has 0 bridgehead atoms. The fraction of sp³-hybridized carbons (Fsp3) is 0.818. The molecule has 0 amide bonds. The van der Waals surface area contributed by atoms with Gasteiger partial charge in [-0.15, -0.1) is 0 Å². The monoisotopic (exact) mass is 474 g/mol. The molecule has 2 rings (SSSR count). The Bertz CT molecular complexity index is 654. The Labute approximate surface area is 207 Å². The zero-order chi connectivity index (χ0) is 22.6. The van der Waals surface area contributed by atoms with Crippen LogP contribution in [0.2, 0.25) is 49.4 Å². The summed E-state index contributed by atoms with van der Waals surface area (Å²) >= 11 is 0. The SMILES string of the molecule is CCOC(=O)CC(C#N)C[Si]1(C)CCCC1.C[Si]1(CC(C#N)CC(=O)O)CCCC1.[Li+].[OH-]. The summed E-state index contributed by atoms with van der Waals surface area (Å²) in [6, 6.07) is 11.5. The van der Waals surface area contributed by atoms with Crippen molar-refractivity contribution in [2.45, 2.75) is 94.8 Å². The van der Waals surface area contributed by atoms with Crippen LogP contribution in [0, 0.1) is 34.5 Å². The molecule has 0 aromatic rings. The molecule has 176 valence electrons. The zero-order valence-corrected chi connectivity index (χ0v) is 22.4. The van der Waals surface area contributed by atoms with Crippen molar-refractivity contribution in [3.8, 4) is 12.1 Å². The molecule has 7 nitrogen and oxygen atoms in total. The molecule has 2 atom stereocenters. The number of ether oxygens (including phenoxy) is 1. The second kappa shape index (κ2) is 16.5. The number of nitrogens with zero attached hydrogens (tertiary/aromatic N) is 2. The Morgan fingerprint density at radius 2 is 1.28 bits per heavy atom. The fourth-order valence-electron chi connectivity index (χ4n) is 5.01. The van der Waals surface area contributed by atoms with Gasteiger partial charge in [-0.1, -0.05) is 63.0 Å². The number of carboxylic acid groups (broad SMARTS) is 1. The molecule has 0 saturated carbocycles. The largest absolute Gasteiger partial charge is 1.00 e. The normalized spacial score (nSPS) is 19.4. The first-order chi connectivity index (χ1) is 14.1. The molecule has 0 aromatic carbocycles. The van der Waals surface area contributed by atoms with Crippen molar-refractivity contribution in [3.63, 3.8) is 0 Å². The Hall–Kier alpha value is -1.09. The van der Waals surface area contributed by atoms with Crippen molar-refractivity contribution >= 4 is 28.1 Å². The number of carboxylic acids is 1. The number of hydrogen-bond donors (Lipinski definition) is 1. The van der Waals surface area contributed by atoms with Crippen LogP contribution in [0.1, 0.15) is 45.4 Å². The van der Waals surface area contributed by atoms with Crippen LogP contribution in [-0.4, -0.2) is 45.3 Å². The Morgan fingerprint density at radius 3 is 1.59 bits per heavy atom. The van der Waals surface area contributed by atoms with Crippen LogP contribution in [0.3, 0.4) is 0 Å². The summed E-state index contributed by atoms with van der Waals surface area (Å²) in [5.74, 6) is -1.42. The van der Waals surface area contributed by atoms with Gasteiger partial charge in [-0.2, -0.15) is 10.5 Å². The number of hydrogen-bond acceptors (Lipinski definition) is 6. The minimum atomic E-state index is -1.22. The van der Waals surface area contributed by atoms with E-state index in [1.54, 1.807) is 6.92 Å². The van der Waals surface area contributed by atoms with Gasteiger partial charge in [-0.05, 0) is 19.0 Å². The summed E-state index contributed by atoms with van der Waals surface area (Å²) in [6.45, 7) is 6.89. The quantitative estimate of drug-likeness (QED) is 0.399. The molecule has 2 heterocycles. The van der Waals surface area contributed by atoms with E-state index in [1.165, 1.54) is 49.9 Å². The Morgan fingerprint density at radius 1 is 0.906 bits per heavy atom. The average Bonchev–Trinajstić information content (AvgIpc) is 3.29. The van der Waals surface area contributed by atoms with Crippen molar-refractivity contribution < 1.29 is 43.8 Å². The average molecular weight is 475 g/mol. The third kappa shape index (κ3) is 12.8. The molecule has 0 aliphatic carbocycles. The summed E-state index contributed by atoms with van der Waals surface area (Å²) in [7, 11) is -2.41. The second-order valence-electron chi connectivity index (χ2n) is 9.70. The smallest absolute Gasteiger partial charge is 0.870 e. The number of rotatable bonds is 9. The van der Waals surface area contributed by atoms with E-state index < -0.39 is 22.1 Å². The molecule has 0 spiro atoms. The van der Waals surface area contributed by atoms with E-state index >= 15 is 0 Å². The third-order valence-corrected chi connectivity index (χ3v) is 15.8. The predicted molar refractivity (Wildman–Crippen MR) is 124 cm³/mol. The third-order valence-electron chi connectivity index (χ3n) is 6.60. The van der Waals surface area contributed by atoms with E-state index in [0.29, 0.717) is 6.61 Å². The fourth-order valence-corrected chi connectivity index (χ4v) is 13.6. The maximum absolute atomic E-state index is 11.3. The van der Waals surface area contributed by atoms with Gasteiger partial charge < -0.3 is 15.3 Å². The van der Waals surface area contributed by atoms with Crippen LogP contribution in [0.4, 0.5) is 0 Å². The topological polar surface area (TPSA) is 141 Å². The van der Waals surface area contributed by atoms with Crippen LogP contribution < -0.4 is 18.9 Å².